The van der Waals surface area contributed by atoms with Crippen LogP contribution in [0.4, 0.5) is 17.1 Å². The van der Waals surface area contributed by atoms with Crippen molar-refractivity contribution >= 4 is 38.9 Å². The van der Waals surface area contributed by atoms with Gasteiger partial charge in [0.2, 0.25) is 10.0 Å². The highest BCUT2D eigenvalue weighted by atomic mass is 32.2. The highest BCUT2D eigenvalue weighted by Crippen LogP contribution is 2.25. The quantitative estimate of drug-likeness (QED) is 0.652. The minimum atomic E-state index is -3.31. The number of nitrogens with zero attached hydrogens (tertiary/aromatic N) is 1. The van der Waals surface area contributed by atoms with Gasteiger partial charge >= 0.3 is 0 Å². The molecule has 1 fully saturated rings. The van der Waals surface area contributed by atoms with Gasteiger partial charge < -0.3 is 15.1 Å². The second kappa shape index (κ2) is 8.03. The van der Waals surface area contributed by atoms with E-state index in [2.05, 4.69) is 10.6 Å². The van der Waals surface area contributed by atoms with Gasteiger partial charge in [0.1, 0.15) is 0 Å². The summed E-state index contributed by atoms with van der Waals surface area (Å²) in [6.07, 6.45) is 1.99. The summed E-state index contributed by atoms with van der Waals surface area (Å²) < 4.78 is 30.6. The number of amides is 2. The zero-order valence-electron chi connectivity index (χ0n) is 15.9. The lowest BCUT2D eigenvalue weighted by Gasteiger charge is -2.17. The van der Waals surface area contributed by atoms with E-state index in [1.165, 1.54) is 10.6 Å². The molecule has 2 heterocycles. The predicted octanol–water partition coefficient (Wildman–Crippen LogP) is 3.32. The molecule has 0 atom stereocenters. The van der Waals surface area contributed by atoms with Crippen molar-refractivity contribution in [2.24, 2.45) is 0 Å². The summed E-state index contributed by atoms with van der Waals surface area (Å²) >= 11 is 0. The Labute approximate surface area is 173 Å². The Kier molecular flexibility index (Phi) is 5.28. The van der Waals surface area contributed by atoms with E-state index >= 15 is 0 Å². The third-order valence-electron chi connectivity index (χ3n) is 4.64. The van der Waals surface area contributed by atoms with Crippen LogP contribution in [0.3, 0.4) is 0 Å². The van der Waals surface area contributed by atoms with Crippen molar-refractivity contribution in [1.29, 1.82) is 0 Å². The summed E-state index contributed by atoms with van der Waals surface area (Å²) in [5, 5.41) is 5.46. The number of furan rings is 1. The van der Waals surface area contributed by atoms with Crippen LogP contribution in [0, 0.1) is 0 Å². The number of carbonyl (C=O) groups excluding carboxylic acids is 2. The molecule has 2 aromatic carbocycles. The first-order valence-electron chi connectivity index (χ1n) is 9.29. The van der Waals surface area contributed by atoms with E-state index in [1.807, 2.05) is 0 Å². The summed E-state index contributed by atoms with van der Waals surface area (Å²) in [6.45, 7) is 0.415. The fourth-order valence-electron chi connectivity index (χ4n) is 3.17. The second-order valence-corrected chi connectivity index (χ2v) is 8.77. The smallest absolute Gasteiger partial charge is 0.291 e. The van der Waals surface area contributed by atoms with Gasteiger partial charge in [-0.1, -0.05) is 6.07 Å². The van der Waals surface area contributed by atoms with Crippen molar-refractivity contribution in [3.05, 3.63) is 78.3 Å². The largest absolute Gasteiger partial charge is 0.459 e. The monoisotopic (exact) mass is 425 g/mol. The van der Waals surface area contributed by atoms with Crippen molar-refractivity contribution in [1.82, 2.24) is 0 Å². The molecule has 0 aliphatic carbocycles. The number of sulfonamides is 1. The SMILES string of the molecule is O=C(Nc1ccc(NC(=O)c2ccco2)cc1)c1cccc(N2CCCS2(=O)=O)c1. The number of nitrogens with one attached hydrogen (secondary N) is 2. The lowest BCUT2D eigenvalue weighted by atomic mass is 10.1. The normalized spacial score (nSPS) is 15.0. The maximum Gasteiger partial charge on any atom is 0.291 e. The maximum atomic E-state index is 12.6. The van der Waals surface area contributed by atoms with Gasteiger partial charge in [0, 0.05) is 23.5 Å². The van der Waals surface area contributed by atoms with Crippen molar-refractivity contribution in [2.45, 2.75) is 6.42 Å². The lowest BCUT2D eigenvalue weighted by Crippen LogP contribution is -2.25. The van der Waals surface area contributed by atoms with Gasteiger partial charge in [0.05, 0.1) is 17.7 Å². The third kappa shape index (κ3) is 4.20. The van der Waals surface area contributed by atoms with Crippen LogP contribution in [0.25, 0.3) is 0 Å². The van der Waals surface area contributed by atoms with Gasteiger partial charge in [-0.05, 0) is 61.0 Å². The molecular weight excluding hydrogens is 406 g/mol. The molecule has 154 valence electrons. The first-order valence-corrected chi connectivity index (χ1v) is 10.9. The minimum absolute atomic E-state index is 0.117. The van der Waals surface area contributed by atoms with E-state index in [0.717, 1.165) is 0 Å². The maximum absolute atomic E-state index is 12.6. The molecule has 2 amide bonds. The zero-order chi connectivity index (χ0) is 21.1. The Hall–Kier alpha value is -3.59. The van der Waals surface area contributed by atoms with Gasteiger partial charge in [0.15, 0.2) is 5.76 Å². The Morgan fingerprint density at radius 3 is 2.20 bits per heavy atom. The van der Waals surface area contributed by atoms with E-state index in [0.29, 0.717) is 35.6 Å². The molecule has 2 N–H and O–H groups in total. The van der Waals surface area contributed by atoms with Gasteiger partial charge in [-0.3, -0.25) is 13.9 Å². The molecule has 0 unspecified atom stereocenters. The van der Waals surface area contributed by atoms with E-state index < -0.39 is 10.0 Å². The van der Waals surface area contributed by atoms with Gasteiger partial charge in [-0.25, -0.2) is 8.42 Å². The van der Waals surface area contributed by atoms with Crippen LogP contribution in [-0.2, 0) is 10.0 Å². The van der Waals surface area contributed by atoms with Crippen LogP contribution in [0.15, 0.2) is 71.3 Å². The van der Waals surface area contributed by atoms with Crippen molar-refractivity contribution in [3.63, 3.8) is 0 Å². The average molecular weight is 425 g/mol. The van der Waals surface area contributed by atoms with Crippen LogP contribution in [0.5, 0.6) is 0 Å². The van der Waals surface area contributed by atoms with Crippen LogP contribution in [0.1, 0.15) is 27.3 Å². The summed E-state index contributed by atoms with van der Waals surface area (Å²) in [4.78, 5) is 24.6. The molecular formula is C21H19N3O5S. The first-order chi connectivity index (χ1) is 14.4. The molecule has 9 heteroatoms. The standard InChI is InChI=1S/C21H19N3O5S/c25-20(15-4-1-5-18(14-15)24-11-3-13-30(24,27)28)22-16-7-9-17(10-8-16)23-21(26)19-6-2-12-29-19/h1-2,4-10,12,14H,3,11,13H2,(H,22,25)(H,23,26). The minimum Gasteiger partial charge on any atom is -0.459 e. The van der Waals surface area contributed by atoms with Crippen LogP contribution < -0.4 is 14.9 Å². The van der Waals surface area contributed by atoms with E-state index in [-0.39, 0.29) is 23.3 Å². The fraction of sp³-hybridized carbons (Fsp3) is 0.143. The lowest BCUT2D eigenvalue weighted by molar-refractivity contribution is 0.0994. The molecule has 1 aliphatic rings. The van der Waals surface area contributed by atoms with E-state index in [9.17, 15) is 18.0 Å². The summed E-state index contributed by atoms with van der Waals surface area (Å²) in [5.74, 6) is -0.412. The predicted molar refractivity (Wildman–Crippen MR) is 113 cm³/mol. The Balaban J connectivity index is 1.43. The van der Waals surface area contributed by atoms with Crippen molar-refractivity contribution in [2.75, 3.05) is 27.2 Å². The number of rotatable bonds is 5. The topological polar surface area (TPSA) is 109 Å². The molecule has 1 aliphatic heterocycles. The molecule has 0 radical (unpaired) electrons. The summed E-state index contributed by atoms with van der Waals surface area (Å²) in [7, 11) is -3.31. The molecule has 0 spiro atoms. The molecule has 1 aromatic heterocycles. The zero-order valence-corrected chi connectivity index (χ0v) is 16.7. The molecule has 8 nitrogen and oxygen atoms in total. The van der Waals surface area contributed by atoms with Gasteiger partial charge in [0.25, 0.3) is 11.8 Å². The average Bonchev–Trinajstić information content (AvgIpc) is 3.39. The van der Waals surface area contributed by atoms with Crippen molar-refractivity contribution < 1.29 is 22.4 Å². The number of hydrogen-bond acceptors (Lipinski definition) is 5. The first kappa shape index (κ1) is 19.7. The molecule has 0 bridgehead atoms. The van der Waals surface area contributed by atoms with Crippen molar-refractivity contribution in [3.8, 4) is 0 Å². The molecule has 3 aromatic rings. The molecule has 4 rings (SSSR count). The second-order valence-electron chi connectivity index (χ2n) is 6.75. The van der Waals surface area contributed by atoms with Gasteiger partial charge in [-0.15, -0.1) is 0 Å². The van der Waals surface area contributed by atoms with Crippen LogP contribution >= 0.6 is 0 Å². The van der Waals surface area contributed by atoms with Gasteiger partial charge in [-0.2, -0.15) is 0 Å². The Morgan fingerprint density at radius 1 is 0.900 bits per heavy atom. The van der Waals surface area contributed by atoms with Crippen LogP contribution in [-0.4, -0.2) is 32.5 Å². The van der Waals surface area contributed by atoms with E-state index in [1.54, 1.807) is 60.7 Å². The number of hydrogen-bond donors (Lipinski definition) is 2. The van der Waals surface area contributed by atoms with E-state index in [4.69, 9.17) is 4.42 Å². The molecule has 1 saturated heterocycles. The highest BCUT2D eigenvalue weighted by Gasteiger charge is 2.28. The van der Waals surface area contributed by atoms with Crippen LogP contribution in [0.2, 0.25) is 0 Å². The number of anilines is 3. The summed E-state index contributed by atoms with van der Waals surface area (Å²) in [6, 6.07) is 16.3. The molecule has 0 saturated carbocycles. The molecule has 30 heavy (non-hydrogen) atoms. The fourth-order valence-corrected chi connectivity index (χ4v) is 4.73. The summed E-state index contributed by atoms with van der Waals surface area (Å²) in [5.41, 5.74) is 1.92. The number of benzene rings is 2. The number of carbonyl (C=O) groups is 2. The highest BCUT2D eigenvalue weighted by molar-refractivity contribution is 7.93. The Morgan fingerprint density at radius 2 is 1.60 bits per heavy atom. The Bertz CT molecular complexity index is 1170. The third-order valence-corrected chi connectivity index (χ3v) is 6.51.